The molecule has 36 heavy (non-hydrogen) atoms. The smallest absolute Gasteiger partial charge is 0.339 e. The first kappa shape index (κ1) is 24.5. The van der Waals surface area contributed by atoms with Crippen molar-refractivity contribution >= 4 is 23.0 Å². The van der Waals surface area contributed by atoms with E-state index in [9.17, 15) is 9.59 Å². The maximum absolute atomic E-state index is 13.0. The Hall–Kier alpha value is -4.60. The van der Waals surface area contributed by atoms with E-state index in [2.05, 4.69) is 15.5 Å². The average Bonchev–Trinajstić information content (AvgIpc) is 3.30. The Bertz CT molecular complexity index is 1400. The Kier molecular flexibility index (Phi) is 7.33. The van der Waals surface area contributed by atoms with Crippen molar-refractivity contribution < 1.29 is 33.1 Å². The molecule has 0 radical (unpaired) electrons. The van der Waals surface area contributed by atoms with Crippen LogP contribution in [0.2, 0.25) is 0 Å². The molecule has 10 nitrogen and oxygen atoms in total. The molecule has 0 atom stereocenters. The topological polar surface area (TPSA) is 122 Å². The molecule has 0 aliphatic rings. The molecule has 0 bridgehead atoms. The molecule has 4 rings (SSSR count). The Balaban J connectivity index is 1.47. The molecule has 2 aromatic heterocycles. The van der Waals surface area contributed by atoms with Gasteiger partial charge in [0, 0.05) is 23.7 Å². The minimum atomic E-state index is -0.690. The number of benzene rings is 2. The maximum atomic E-state index is 13.0. The van der Waals surface area contributed by atoms with Crippen LogP contribution < -0.4 is 19.5 Å². The summed E-state index contributed by atoms with van der Waals surface area (Å²) >= 11 is 0. The SMILES string of the molecule is COc1cc(OC)c(OC)cc1CNC(=O)COC(=O)c1cc(-c2ccccc2)nc2onc(C)c12. The van der Waals surface area contributed by atoms with E-state index in [1.807, 2.05) is 30.3 Å². The van der Waals surface area contributed by atoms with Gasteiger partial charge in [0.1, 0.15) is 5.75 Å². The first-order valence-electron chi connectivity index (χ1n) is 11.0. The van der Waals surface area contributed by atoms with E-state index in [1.54, 1.807) is 25.1 Å². The van der Waals surface area contributed by atoms with Crippen molar-refractivity contribution in [3.63, 3.8) is 0 Å². The summed E-state index contributed by atoms with van der Waals surface area (Å²) in [5, 5.41) is 7.07. The number of aryl methyl sites for hydroxylation is 1. The number of methoxy groups -OCH3 is 3. The highest BCUT2D eigenvalue weighted by Crippen LogP contribution is 2.34. The van der Waals surface area contributed by atoms with Crippen LogP contribution in [0.5, 0.6) is 17.2 Å². The number of fused-ring (bicyclic) bond motifs is 1. The van der Waals surface area contributed by atoms with Crippen molar-refractivity contribution in [2.24, 2.45) is 0 Å². The van der Waals surface area contributed by atoms with Gasteiger partial charge in [-0.1, -0.05) is 35.5 Å². The summed E-state index contributed by atoms with van der Waals surface area (Å²) in [7, 11) is 4.55. The summed E-state index contributed by atoms with van der Waals surface area (Å²) in [4.78, 5) is 29.9. The lowest BCUT2D eigenvalue weighted by Gasteiger charge is -2.14. The Morgan fingerprint density at radius 2 is 1.64 bits per heavy atom. The van der Waals surface area contributed by atoms with Crippen LogP contribution in [0, 0.1) is 6.92 Å². The van der Waals surface area contributed by atoms with Gasteiger partial charge in [-0.15, -0.1) is 0 Å². The Morgan fingerprint density at radius 3 is 2.33 bits per heavy atom. The first-order chi connectivity index (χ1) is 17.4. The molecule has 186 valence electrons. The predicted octanol–water partition coefficient (Wildman–Crippen LogP) is 3.70. The van der Waals surface area contributed by atoms with E-state index >= 15 is 0 Å². The highest BCUT2D eigenvalue weighted by molar-refractivity contribution is 6.04. The fourth-order valence-electron chi connectivity index (χ4n) is 3.70. The predicted molar refractivity (Wildman–Crippen MR) is 130 cm³/mol. The Labute approximate surface area is 207 Å². The lowest BCUT2D eigenvalue weighted by Crippen LogP contribution is -2.28. The molecule has 0 unspecified atom stereocenters. The van der Waals surface area contributed by atoms with Crippen LogP contribution in [0.25, 0.3) is 22.4 Å². The standard InChI is InChI=1S/C26H25N3O7/c1-15-24-18(11-19(28-25(24)36-29-15)16-8-6-5-7-9-16)26(31)35-14-23(30)27-13-17-10-21(33-3)22(34-4)12-20(17)32-2/h5-12H,13-14H2,1-4H3,(H,27,30). The van der Waals surface area contributed by atoms with E-state index in [-0.39, 0.29) is 17.8 Å². The van der Waals surface area contributed by atoms with Gasteiger partial charge in [-0.2, -0.15) is 0 Å². The highest BCUT2D eigenvalue weighted by atomic mass is 16.5. The number of amides is 1. The van der Waals surface area contributed by atoms with Crippen LogP contribution in [0.4, 0.5) is 0 Å². The van der Waals surface area contributed by atoms with E-state index in [1.165, 1.54) is 21.3 Å². The molecule has 2 heterocycles. The highest BCUT2D eigenvalue weighted by Gasteiger charge is 2.21. The molecule has 0 spiro atoms. The summed E-state index contributed by atoms with van der Waals surface area (Å²) in [6.07, 6.45) is 0. The van der Waals surface area contributed by atoms with E-state index in [4.69, 9.17) is 23.5 Å². The third-order valence-electron chi connectivity index (χ3n) is 5.50. The third kappa shape index (κ3) is 5.07. The quantitative estimate of drug-likeness (QED) is 0.349. The van der Waals surface area contributed by atoms with Gasteiger partial charge >= 0.3 is 5.97 Å². The fraction of sp³-hybridized carbons (Fsp3) is 0.231. The first-order valence-corrected chi connectivity index (χ1v) is 11.0. The monoisotopic (exact) mass is 491 g/mol. The lowest BCUT2D eigenvalue weighted by molar-refractivity contribution is -0.124. The summed E-state index contributed by atoms with van der Waals surface area (Å²) < 4.78 is 26.6. The minimum absolute atomic E-state index is 0.127. The minimum Gasteiger partial charge on any atom is -0.496 e. The van der Waals surface area contributed by atoms with Crippen LogP contribution in [0.1, 0.15) is 21.6 Å². The van der Waals surface area contributed by atoms with Crippen molar-refractivity contribution in [2.75, 3.05) is 27.9 Å². The second-order valence-corrected chi connectivity index (χ2v) is 7.74. The van der Waals surface area contributed by atoms with Crippen molar-refractivity contribution in [3.8, 4) is 28.5 Å². The zero-order valence-electron chi connectivity index (χ0n) is 20.3. The van der Waals surface area contributed by atoms with E-state index < -0.39 is 18.5 Å². The number of aromatic nitrogens is 2. The molecule has 2 aromatic carbocycles. The third-order valence-corrected chi connectivity index (χ3v) is 5.50. The molecule has 1 N–H and O–H groups in total. The molecule has 0 fully saturated rings. The molecular weight excluding hydrogens is 466 g/mol. The number of nitrogens with one attached hydrogen (secondary N) is 1. The van der Waals surface area contributed by atoms with E-state index in [0.29, 0.717) is 39.6 Å². The molecular formula is C26H25N3O7. The normalized spacial score (nSPS) is 10.7. The van der Waals surface area contributed by atoms with Gasteiger partial charge in [0.05, 0.1) is 43.7 Å². The average molecular weight is 492 g/mol. The second-order valence-electron chi connectivity index (χ2n) is 7.74. The largest absolute Gasteiger partial charge is 0.496 e. The number of ether oxygens (including phenoxy) is 4. The van der Waals surface area contributed by atoms with Gasteiger partial charge in [-0.3, -0.25) is 4.79 Å². The summed E-state index contributed by atoms with van der Waals surface area (Å²) in [6.45, 7) is 1.35. The van der Waals surface area contributed by atoms with Gasteiger partial charge in [-0.25, -0.2) is 9.78 Å². The van der Waals surface area contributed by atoms with Gasteiger partial charge in [0.25, 0.3) is 11.6 Å². The zero-order valence-corrected chi connectivity index (χ0v) is 20.3. The number of hydrogen-bond donors (Lipinski definition) is 1. The van der Waals surface area contributed by atoms with Gasteiger partial charge < -0.3 is 28.8 Å². The molecule has 1 amide bonds. The summed E-state index contributed by atoms with van der Waals surface area (Å²) in [6, 6.07) is 14.3. The number of carbonyl (C=O) groups excluding carboxylic acids is 2. The number of nitrogens with zero attached hydrogens (tertiary/aromatic N) is 2. The van der Waals surface area contributed by atoms with E-state index in [0.717, 1.165) is 5.56 Å². The maximum Gasteiger partial charge on any atom is 0.339 e. The number of rotatable bonds is 9. The number of esters is 1. The zero-order chi connectivity index (χ0) is 25.7. The fourth-order valence-corrected chi connectivity index (χ4v) is 3.70. The van der Waals surface area contributed by atoms with Gasteiger partial charge in [0.15, 0.2) is 18.1 Å². The van der Waals surface area contributed by atoms with Crippen molar-refractivity contribution in [1.82, 2.24) is 15.5 Å². The van der Waals surface area contributed by atoms with Crippen molar-refractivity contribution in [2.45, 2.75) is 13.5 Å². The Morgan fingerprint density at radius 1 is 0.944 bits per heavy atom. The number of pyridine rings is 1. The van der Waals surface area contributed by atoms with Gasteiger partial charge in [-0.05, 0) is 19.1 Å². The van der Waals surface area contributed by atoms with Crippen LogP contribution in [0.15, 0.2) is 53.1 Å². The number of carbonyl (C=O) groups is 2. The van der Waals surface area contributed by atoms with Crippen molar-refractivity contribution in [1.29, 1.82) is 0 Å². The number of hydrogen-bond acceptors (Lipinski definition) is 9. The molecule has 0 saturated carbocycles. The molecule has 0 aliphatic heterocycles. The van der Waals surface area contributed by atoms with Crippen molar-refractivity contribution in [3.05, 3.63) is 65.4 Å². The summed E-state index contributed by atoms with van der Waals surface area (Å²) in [5.41, 5.74) is 2.91. The summed E-state index contributed by atoms with van der Waals surface area (Å²) in [5.74, 6) is 0.330. The van der Waals surface area contributed by atoms with Crippen LogP contribution in [0.3, 0.4) is 0 Å². The van der Waals surface area contributed by atoms with Gasteiger partial charge in [0.2, 0.25) is 0 Å². The molecule has 10 heteroatoms. The molecule has 0 saturated heterocycles. The van der Waals surface area contributed by atoms with Crippen LogP contribution in [-0.2, 0) is 16.1 Å². The lowest BCUT2D eigenvalue weighted by atomic mass is 10.1. The second kappa shape index (κ2) is 10.8. The molecule has 4 aromatic rings. The van der Waals surface area contributed by atoms with Crippen LogP contribution >= 0.6 is 0 Å². The van der Waals surface area contributed by atoms with Crippen LogP contribution in [-0.4, -0.2) is 50.0 Å². The molecule has 0 aliphatic carbocycles.